The van der Waals surface area contributed by atoms with Gasteiger partial charge in [0.05, 0.1) is 6.42 Å². The van der Waals surface area contributed by atoms with Crippen molar-refractivity contribution in [3.63, 3.8) is 0 Å². The number of carbonyl (C=O) groups is 2. The highest BCUT2D eigenvalue weighted by atomic mass is 16.4. The zero-order valence-electron chi connectivity index (χ0n) is 9.25. The lowest BCUT2D eigenvalue weighted by Gasteiger charge is -2.09. The van der Waals surface area contributed by atoms with E-state index >= 15 is 0 Å². The van der Waals surface area contributed by atoms with Gasteiger partial charge >= 0.3 is 11.7 Å². The highest BCUT2D eigenvalue weighted by Gasteiger charge is 2.16. The van der Waals surface area contributed by atoms with Crippen molar-refractivity contribution in [1.29, 1.82) is 5.39 Å². The van der Waals surface area contributed by atoms with Gasteiger partial charge in [-0.1, -0.05) is 6.92 Å². The molecule has 0 fully saturated rings. The molecule has 6 heteroatoms. The number of nitrogens with zero attached hydrogens (tertiary/aromatic N) is 2. The SMILES string of the molecule is CC(CC(=O)O)C(=O)Nc1ccc([N+]#N)cc1. The second kappa shape index (κ2) is 5.61. The first-order valence-corrected chi connectivity index (χ1v) is 5.00. The van der Waals surface area contributed by atoms with E-state index in [1.807, 2.05) is 0 Å². The summed E-state index contributed by atoms with van der Waals surface area (Å²) in [6.45, 7) is 1.54. The summed E-state index contributed by atoms with van der Waals surface area (Å²) in [6.07, 6.45) is -0.212. The van der Waals surface area contributed by atoms with Crippen LogP contribution in [-0.4, -0.2) is 17.0 Å². The van der Waals surface area contributed by atoms with E-state index in [1.54, 1.807) is 19.1 Å². The van der Waals surface area contributed by atoms with Crippen LogP contribution >= 0.6 is 0 Å². The highest BCUT2D eigenvalue weighted by molar-refractivity contribution is 5.94. The van der Waals surface area contributed by atoms with Crippen LogP contribution in [-0.2, 0) is 9.59 Å². The average molecular weight is 234 g/mol. The maximum atomic E-state index is 11.6. The van der Waals surface area contributed by atoms with Crippen molar-refractivity contribution < 1.29 is 14.7 Å². The normalized spacial score (nSPS) is 11.3. The van der Waals surface area contributed by atoms with Crippen molar-refractivity contribution in [1.82, 2.24) is 0 Å². The van der Waals surface area contributed by atoms with E-state index in [0.717, 1.165) is 0 Å². The van der Waals surface area contributed by atoms with Crippen LogP contribution < -0.4 is 5.32 Å². The molecule has 1 aromatic carbocycles. The first-order valence-electron chi connectivity index (χ1n) is 5.00. The molecule has 1 unspecified atom stereocenters. The largest absolute Gasteiger partial charge is 0.481 e. The third kappa shape index (κ3) is 3.91. The number of carboxylic acids is 1. The predicted octanol–water partition coefficient (Wildman–Crippen LogP) is 2.22. The van der Waals surface area contributed by atoms with Gasteiger partial charge in [0.2, 0.25) is 11.3 Å². The fraction of sp³-hybridized carbons (Fsp3) is 0.273. The Morgan fingerprint density at radius 2 is 2.00 bits per heavy atom. The average Bonchev–Trinajstić information content (AvgIpc) is 2.29. The molecule has 0 aliphatic rings. The summed E-state index contributed by atoms with van der Waals surface area (Å²) in [5.41, 5.74) is 0.904. The molecule has 0 bridgehead atoms. The monoisotopic (exact) mass is 234 g/mol. The van der Waals surface area contributed by atoms with Crippen LogP contribution in [0.3, 0.4) is 0 Å². The second-order valence-corrected chi connectivity index (χ2v) is 3.64. The van der Waals surface area contributed by atoms with Crippen LogP contribution in [0.15, 0.2) is 24.3 Å². The fourth-order valence-corrected chi connectivity index (χ4v) is 1.23. The van der Waals surface area contributed by atoms with Crippen molar-refractivity contribution in [3.05, 3.63) is 29.2 Å². The van der Waals surface area contributed by atoms with Gasteiger partial charge in [-0.3, -0.25) is 9.59 Å². The number of nitrogens with one attached hydrogen (secondary N) is 1. The molecule has 1 amide bonds. The lowest BCUT2D eigenvalue weighted by molar-refractivity contribution is -0.139. The molecule has 0 spiro atoms. The summed E-state index contributed by atoms with van der Waals surface area (Å²) >= 11 is 0. The molecular formula is C11H12N3O3+. The summed E-state index contributed by atoms with van der Waals surface area (Å²) in [5, 5.41) is 19.6. The Labute approximate surface area is 97.9 Å². The Hall–Kier alpha value is -2.42. The molecule has 17 heavy (non-hydrogen) atoms. The van der Waals surface area contributed by atoms with E-state index in [4.69, 9.17) is 10.5 Å². The minimum absolute atomic E-state index is 0.212. The molecule has 0 saturated carbocycles. The van der Waals surface area contributed by atoms with Crippen molar-refractivity contribution in [2.24, 2.45) is 5.92 Å². The van der Waals surface area contributed by atoms with Gasteiger partial charge in [0.15, 0.2) is 4.98 Å². The molecule has 1 atom stereocenters. The molecule has 0 saturated heterocycles. The number of carboxylic acid groups (broad SMARTS) is 1. The summed E-state index contributed by atoms with van der Waals surface area (Å²) in [7, 11) is 0. The van der Waals surface area contributed by atoms with Gasteiger partial charge in [-0.05, 0) is 12.1 Å². The number of aliphatic carboxylic acids is 1. The summed E-state index contributed by atoms with van der Waals surface area (Å²) in [5.74, 6) is -1.97. The van der Waals surface area contributed by atoms with Crippen LogP contribution in [0.5, 0.6) is 0 Å². The molecule has 1 rings (SSSR count). The van der Waals surface area contributed by atoms with Crippen LogP contribution in [0.2, 0.25) is 0 Å². The lowest BCUT2D eigenvalue weighted by atomic mass is 10.1. The Bertz CT molecular complexity index is 462. The van der Waals surface area contributed by atoms with Gasteiger partial charge in [0.1, 0.15) is 0 Å². The van der Waals surface area contributed by atoms with E-state index in [1.165, 1.54) is 12.1 Å². The Morgan fingerprint density at radius 3 is 2.47 bits per heavy atom. The predicted molar refractivity (Wildman–Crippen MR) is 61.2 cm³/mol. The molecule has 2 N–H and O–H groups in total. The molecule has 0 aliphatic heterocycles. The van der Waals surface area contributed by atoms with Crippen molar-refractivity contribution >= 4 is 23.3 Å². The number of benzene rings is 1. The summed E-state index contributed by atoms with van der Waals surface area (Å²) in [6, 6.07) is 6.19. The van der Waals surface area contributed by atoms with E-state index in [-0.39, 0.29) is 12.3 Å². The zero-order valence-corrected chi connectivity index (χ0v) is 9.25. The molecule has 0 radical (unpaired) electrons. The highest BCUT2D eigenvalue weighted by Crippen LogP contribution is 2.16. The van der Waals surface area contributed by atoms with Crippen molar-refractivity contribution in [2.45, 2.75) is 13.3 Å². The third-order valence-electron chi connectivity index (χ3n) is 2.18. The molecular weight excluding hydrogens is 222 g/mol. The summed E-state index contributed by atoms with van der Waals surface area (Å²) < 4.78 is 0. The smallest absolute Gasteiger partial charge is 0.385 e. The topological polar surface area (TPSA) is 94.5 Å². The van der Waals surface area contributed by atoms with E-state index < -0.39 is 11.9 Å². The van der Waals surface area contributed by atoms with Gasteiger partial charge in [-0.2, -0.15) is 0 Å². The standard InChI is InChI=1S/C11H11N3O3/c1-7(6-10(15)16)11(17)13-8-2-4-9(14-12)5-3-8/h2-5,7H,6H2,1H3,(H-,13,15,16,17)/p+1. The molecule has 0 heterocycles. The summed E-state index contributed by atoms with van der Waals surface area (Å²) in [4.78, 5) is 25.0. The minimum Gasteiger partial charge on any atom is -0.481 e. The van der Waals surface area contributed by atoms with Gasteiger partial charge in [0.25, 0.3) is 0 Å². The minimum atomic E-state index is -1.01. The van der Waals surface area contributed by atoms with Crippen molar-refractivity contribution in [3.8, 4) is 0 Å². The molecule has 88 valence electrons. The Balaban J connectivity index is 2.61. The molecule has 1 aromatic rings. The lowest BCUT2D eigenvalue weighted by Crippen LogP contribution is -2.22. The number of anilines is 1. The zero-order chi connectivity index (χ0) is 12.8. The number of diazo groups is 1. The van der Waals surface area contributed by atoms with Crippen molar-refractivity contribution in [2.75, 3.05) is 5.32 Å². The third-order valence-corrected chi connectivity index (χ3v) is 2.18. The molecule has 0 aromatic heterocycles. The number of rotatable bonds is 4. The van der Waals surface area contributed by atoms with Crippen LogP contribution in [0, 0.1) is 11.3 Å². The first-order chi connectivity index (χ1) is 8.02. The van der Waals surface area contributed by atoms with Gasteiger partial charge < -0.3 is 10.4 Å². The van der Waals surface area contributed by atoms with E-state index in [9.17, 15) is 9.59 Å². The van der Waals surface area contributed by atoms with E-state index in [2.05, 4.69) is 10.3 Å². The van der Waals surface area contributed by atoms with Gasteiger partial charge in [-0.25, -0.2) is 0 Å². The molecule has 0 aliphatic carbocycles. The van der Waals surface area contributed by atoms with Crippen LogP contribution in [0.25, 0.3) is 4.98 Å². The maximum Gasteiger partial charge on any atom is 0.385 e. The number of hydrogen-bond donors (Lipinski definition) is 2. The second-order valence-electron chi connectivity index (χ2n) is 3.64. The number of hydrogen-bond acceptors (Lipinski definition) is 3. The quantitative estimate of drug-likeness (QED) is 0.781. The van der Waals surface area contributed by atoms with Gasteiger partial charge in [0, 0.05) is 23.7 Å². The number of amides is 1. The maximum absolute atomic E-state index is 11.6. The fourth-order valence-electron chi connectivity index (χ4n) is 1.23. The van der Waals surface area contributed by atoms with Gasteiger partial charge in [-0.15, -0.1) is 0 Å². The van der Waals surface area contributed by atoms with E-state index in [0.29, 0.717) is 11.4 Å². The molecule has 6 nitrogen and oxygen atoms in total. The Kier molecular flexibility index (Phi) is 4.17. The Morgan fingerprint density at radius 1 is 1.41 bits per heavy atom. The first kappa shape index (κ1) is 12.6. The number of carbonyl (C=O) groups excluding carboxylic acids is 1. The van der Waals surface area contributed by atoms with Crippen LogP contribution in [0.4, 0.5) is 11.4 Å². The van der Waals surface area contributed by atoms with Crippen LogP contribution in [0.1, 0.15) is 13.3 Å².